The average molecular weight is 219 g/mol. The van der Waals surface area contributed by atoms with Crippen LogP contribution in [0.1, 0.15) is 30.9 Å². The molecule has 0 atom stereocenters. The van der Waals surface area contributed by atoms with E-state index < -0.39 is 0 Å². The summed E-state index contributed by atoms with van der Waals surface area (Å²) in [6, 6.07) is 8.71. The van der Waals surface area contributed by atoms with Gasteiger partial charge in [-0.05, 0) is 38.9 Å². The summed E-state index contributed by atoms with van der Waals surface area (Å²) in [7, 11) is 1.93. The molecule has 0 spiro atoms. The van der Waals surface area contributed by atoms with Gasteiger partial charge in [-0.25, -0.2) is 0 Å². The Morgan fingerprint density at radius 3 is 2.56 bits per heavy atom. The molecule has 16 heavy (non-hydrogen) atoms. The number of aryl methyl sites for hydroxylation is 2. The van der Waals surface area contributed by atoms with Gasteiger partial charge in [0.25, 0.3) is 0 Å². The molecule has 0 amide bonds. The molecule has 0 aromatic heterocycles. The first-order chi connectivity index (χ1) is 7.74. The van der Waals surface area contributed by atoms with Gasteiger partial charge >= 0.3 is 0 Å². The van der Waals surface area contributed by atoms with E-state index in [2.05, 4.69) is 50.0 Å². The maximum absolute atomic E-state index is 3.56. The van der Waals surface area contributed by atoms with E-state index >= 15 is 0 Å². The molecule has 1 heteroatoms. The lowest BCUT2D eigenvalue weighted by atomic mass is 10.1. The van der Waals surface area contributed by atoms with Crippen molar-refractivity contribution >= 4 is 0 Å². The van der Waals surface area contributed by atoms with Crippen LogP contribution in [-0.4, -0.2) is 13.6 Å². The smallest absolute Gasteiger partial charge is 0.00174 e. The van der Waals surface area contributed by atoms with Crippen LogP contribution in [0.25, 0.3) is 0 Å². The Morgan fingerprint density at radius 1 is 1.38 bits per heavy atom. The second kappa shape index (κ2) is 10.4. The second-order valence-electron chi connectivity index (χ2n) is 3.92. The summed E-state index contributed by atoms with van der Waals surface area (Å²) in [4.78, 5) is 0. The van der Waals surface area contributed by atoms with Crippen LogP contribution < -0.4 is 5.32 Å². The lowest BCUT2D eigenvalue weighted by Crippen LogP contribution is -2.05. The highest BCUT2D eigenvalue weighted by Gasteiger charge is 1.88. The Hall–Kier alpha value is -1.08. The van der Waals surface area contributed by atoms with Gasteiger partial charge in [0, 0.05) is 0 Å². The number of benzene rings is 1. The van der Waals surface area contributed by atoms with E-state index in [4.69, 9.17) is 0 Å². The maximum Gasteiger partial charge on any atom is -0.00174 e. The van der Waals surface area contributed by atoms with Gasteiger partial charge in [0.2, 0.25) is 0 Å². The first kappa shape index (κ1) is 14.9. The lowest BCUT2D eigenvalue weighted by Gasteiger charge is -1.97. The molecule has 0 aliphatic carbocycles. The van der Waals surface area contributed by atoms with Crippen molar-refractivity contribution < 1.29 is 0 Å². The van der Waals surface area contributed by atoms with Crippen LogP contribution in [0.3, 0.4) is 0 Å². The normalized spacial score (nSPS) is 9.19. The summed E-state index contributed by atoms with van der Waals surface area (Å²) in [6.07, 6.45) is 5.41. The van der Waals surface area contributed by atoms with Crippen LogP contribution in [-0.2, 0) is 6.42 Å². The molecular formula is C15H25N. The van der Waals surface area contributed by atoms with Gasteiger partial charge in [0.05, 0.1) is 0 Å². The fourth-order valence-electron chi connectivity index (χ4n) is 1.40. The largest absolute Gasteiger partial charge is 0.319 e. The lowest BCUT2D eigenvalue weighted by molar-refractivity contribution is 0.809. The first-order valence-corrected chi connectivity index (χ1v) is 6.05. The van der Waals surface area contributed by atoms with E-state index in [1.807, 2.05) is 13.1 Å². The van der Waals surface area contributed by atoms with Crippen molar-refractivity contribution in [3.63, 3.8) is 0 Å². The zero-order chi connectivity index (χ0) is 12.2. The van der Waals surface area contributed by atoms with Crippen molar-refractivity contribution in [2.45, 2.75) is 33.1 Å². The Morgan fingerprint density at radius 2 is 2.12 bits per heavy atom. The minimum Gasteiger partial charge on any atom is -0.319 e. The Labute approximate surface area is 101 Å². The molecule has 0 saturated carbocycles. The first-order valence-electron chi connectivity index (χ1n) is 6.05. The van der Waals surface area contributed by atoms with Crippen LogP contribution in [0.4, 0.5) is 0 Å². The molecule has 90 valence electrons. The fourth-order valence-corrected chi connectivity index (χ4v) is 1.40. The third-order valence-electron chi connectivity index (χ3n) is 2.22. The standard InChI is InChI=1S/C10H14.C5H11N/c1-3-5-10-7-4-6-9(2)8-10;1-3-4-5-6-2/h4,6-8H,3,5H2,1-2H3;3,6H,1,4-5H2,2H3. The summed E-state index contributed by atoms with van der Waals surface area (Å²) >= 11 is 0. The van der Waals surface area contributed by atoms with E-state index in [-0.39, 0.29) is 0 Å². The van der Waals surface area contributed by atoms with E-state index in [0.29, 0.717) is 0 Å². The molecule has 0 unspecified atom stereocenters. The number of rotatable bonds is 5. The van der Waals surface area contributed by atoms with Crippen molar-refractivity contribution in [2.24, 2.45) is 0 Å². The van der Waals surface area contributed by atoms with Gasteiger partial charge in [-0.1, -0.05) is 49.2 Å². The molecule has 1 N–H and O–H groups in total. The zero-order valence-corrected chi connectivity index (χ0v) is 10.9. The minimum absolute atomic E-state index is 1.05. The number of hydrogen-bond acceptors (Lipinski definition) is 1. The highest BCUT2D eigenvalue weighted by molar-refractivity contribution is 5.21. The Balaban J connectivity index is 0.000000325. The molecular weight excluding hydrogens is 194 g/mol. The van der Waals surface area contributed by atoms with Crippen molar-refractivity contribution in [3.05, 3.63) is 48.0 Å². The highest BCUT2D eigenvalue weighted by Crippen LogP contribution is 2.05. The summed E-state index contributed by atoms with van der Waals surface area (Å²) in [6.45, 7) is 8.95. The third-order valence-corrected chi connectivity index (χ3v) is 2.22. The fraction of sp³-hybridized carbons (Fsp3) is 0.467. The van der Waals surface area contributed by atoms with Crippen LogP contribution in [0.2, 0.25) is 0 Å². The van der Waals surface area contributed by atoms with Gasteiger partial charge < -0.3 is 5.32 Å². The van der Waals surface area contributed by atoms with Crippen molar-refractivity contribution in [2.75, 3.05) is 13.6 Å². The second-order valence-corrected chi connectivity index (χ2v) is 3.92. The van der Waals surface area contributed by atoms with Crippen molar-refractivity contribution in [1.82, 2.24) is 5.32 Å². The zero-order valence-electron chi connectivity index (χ0n) is 10.9. The summed E-state index contributed by atoms with van der Waals surface area (Å²) in [5, 5.41) is 3.00. The molecule has 1 aromatic rings. The van der Waals surface area contributed by atoms with Crippen LogP contribution in [0, 0.1) is 6.92 Å². The molecule has 0 aliphatic rings. The van der Waals surface area contributed by atoms with Crippen LogP contribution >= 0.6 is 0 Å². The van der Waals surface area contributed by atoms with E-state index in [1.165, 1.54) is 24.0 Å². The van der Waals surface area contributed by atoms with Crippen molar-refractivity contribution in [3.8, 4) is 0 Å². The van der Waals surface area contributed by atoms with Crippen LogP contribution in [0.15, 0.2) is 36.9 Å². The molecule has 0 aliphatic heterocycles. The quantitative estimate of drug-likeness (QED) is 0.588. The summed E-state index contributed by atoms with van der Waals surface area (Å²) < 4.78 is 0. The average Bonchev–Trinajstić information content (AvgIpc) is 2.28. The molecule has 0 fully saturated rings. The SMILES string of the molecule is C=CCCNC.CCCc1cccc(C)c1. The number of nitrogens with one attached hydrogen (secondary N) is 1. The highest BCUT2D eigenvalue weighted by atomic mass is 14.8. The van der Waals surface area contributed by atoms with Crippen molar-refractivity contribution in [1.29, 1.82) is 0 Å². The number of hydrogen-bond donors (Lipinski definition) is 1. The molecule has 0 saturated heterocycles. The van der Waals surface area contributed by atoms with Crippen LogP contribution in [0.5, 0.6) is 0 Å². The summed E-state index contributed by atoms with van der Waals surface area (Å²) in [5.41, 5.74) is 2.83. The third kappa shape index (κ3) is 8.25. The molecule has 0 bridgehead atoms. The van der Waals surface area contributed by atoms with Gasteiger partial charge in [-0.3, -0.25) is 0 Å². The molecule has 1 aromatic carbocycles. The minimum atomic E-state index is 1.05. The monoisotopic (exact) mass is 219 g/mol. The topological polar surface area (TPSA) is 12.0 Å². The Kier molecular flexibility index (Phi) is 9.73. The van der Waals surface area contributed by atoms with E-state index in [1.54, 1.807) is 0 Å². The summed E-state index contributed by atoms with van der Waals surface area (Å²) in [5.74, 6) is 0. The van der Waals surface area contributed by atoms with Gasteiger partial charge in [0.1, 0.15) is 0 Å². The van der Waals surface area contributed by atoms with Gasteiger partial charge in [-0.2, -0.15) is 0 Å². The maximum atomic E-state index is 3.56. The van der Waals surface area contributed by atoms with Gasteiger partial charge in [-0.15, -0.1) is 6.58 Å². The molecule has 1 rings (SSSR count). The predicted molar refractivity (Wildman–Crippen MR) is 73.9 cm³/mol. The Bertz CT molecular complexity index is 279. The van der Waals surface area contributed by atoms with E-state index in [9.17, 15) is 0 Å². The molecule has 1 nitrogen and oxygen atoms in total. The molecule has 0 radical (unpaired) electrons. The van der Waals surface area contributed by atoms with Gasteiger partial charge in [0.15, 0.2) is 0 Å². The van der Waals surface area contributed by atoms with E-state index in [0.717, 1.165) is 13.0 Å². The predicted octanol–water partition coefficient (Wildman–Crippen LogP) is 3.73. The molecule has 0 heterocycles.